The van der Waals surface area contributed by atoms with Crippen molar-refractivity contribution in [2.45, 2.75) is 12.8 Å². The van der Waals surface area contributed by atoms with Crippen molar-refractivity contribution >= 4 is 11.6 Å². The van der Waals surface area contributed by atoms with E-state index in [1.54, 1.807) is 31.4 Å². The number of ether oxygens (including phenoxy) is 1. The maximum Gasteiger partial charge on any atom is 0.224 e. The van der Waals surface area contributed by atoms with Crippen molar-refractivity contribution in [3.05, 3.63) is 59.9 Å². The SMILES string of the molecule is COc1ccccc1NC(=O)CCc1cccc(F)c1. The number of carbonyl (C=O) groups is 1. The fourth-order valence-corrected chi connectivity index (χ4v) is 1.91. The van der Waals surface area contributed by atoms with E-state index in [0.29, 0.717) is 24.3 Å². The van der Waals surface area contributed by atoms with Crippen LogP contribution in [0.2, 0.25) is 0 Å². The number of para-hydroxylation sites is 2. The molecule has 2 aromatic carbocycles. The molecule has 0 aliphatic rings. The van der Waals surface area contributed by atoms with Gasteiger partial charge >= 0.3 is 0 Å². The maximum absolute atomic E-state index is 13.0. The van der Waals surface area contributed by atoms with Crippen LogP contribution in [0.3, 0.4) is 0 Å². The summed E-state index contributed by atoms with van der Waals surface area (Å²) in [5.41, 5.74) is 1.44. The van der Waals surface area contributed by atoms with Crippen LogP contribution >= 0.6 is 0 Å². The van der Waals surface area contributed by atoms with Gasteiger partial charge in [-0.2, -0.15) is 0 Å². The molecular formula is C16H16FNO2. The third-order valence-corrected chi connectivity index (χ3v) is 2.91. The van der Waals surface area contributed by atoms with Crippen LogP contribution in [0.5, 0.6) is 5.75 Å². The van der Waals surface area contributed by atoms with Crippen molar-refractivity contribution in [1.29, 1.82) is 0 Å². The number of amides is 1. The minimum atomic E-state index is -0.285. The van der Waals surface area contributed by atoms with Gasteiger partial charge in [0.2, 0.25) is 5.91 Å². The van der Waals surface area contributed by atoms with Crippen LogP contribution in [0.4, 0.5) is 10.1 Å². The molecule has 4 heteroatoms. The summed E-state index contributed by atoms with van der Waals surface area (Å²) in [6.07, 6.45) is 0.792. The largest absolute Gasteiger partial charge is 0.495 e. The molecule has 0 saturated heterocycles. The predicted octanol–water partition coefficient (Wildman–Crippen LogP) is 3.41. The van der Waals surface area contributed by atoms with Crippen molar-refractivity contribution in [3.63, 3.8) is 0 Å². The standard InChI is InChI=1S/C16H16FNO2/c1-20-15-8-3-2-7-14(15)18-16(19)10-9-12-5-4-6-13(17)11-12/h2-8,11H,9-10H2,1H3,(H,18,19). The number of rotatable bonds is 5. The van der Waals surface area contributed by atoms with Crippen molar-refractivity contribution in [1.82, 2.24) is 0 Å². The number of carbonyl (C=O) groups excluding carboxylic acids is 1. The van der Waals surface area contributed by atoms with Gasteiger partial charge in [0.1, 0.15) is 11.6 Å². The number of benzene rings is 2. The van der Waals surface area contributed by atoms with Crippen LogP contribution in [0, 0.1) is 5.82 Å². The monoisotopic (exact) mass is 273 g/mol. The van der Waals surface area contributed by atoms with Gasteiger partial charge in [-0.3, -0.25) is 4.79 Å². The van der Waals surface area contributed by atoms with Gasteiger partial charge in [-0.1, -0.05) is 24.3 Å². The highest BCUT2D eigenvalue weighted by Gasteiger charge is 2.07. The van der Waals surface area contributed by atoms with Gasteiger partial charge in [0.15, 0.2) is 0 Å². The van der Waals surface area contributed by atoms with E-state index >= 15 is 0 Å². The number of nitrogens with one attached hydrogen (secondary N) is 1. The van der Waals surface area contributed by atoms with Gasteiger partial charge in [-0.25, -0.2) is 4.39 Å². The average Bonchev–Trinajstić information content (AvgIpc) is 2.46. The normalized spacial score (nSPS) is 10.1. The van der Waals surface area contributed by atoms with Gasteiger partial charge in [-0.05, 0) is 36.2 Å². The molecule has 0 bridgehead atoms. The second kappa shape index (κ2) is 6.70. The van der Waals surface area contributed by atoms with Crippen LogP contribution in [-0.2, 0) is 11.2 Å². The zero-order valence-corrected chi connectivity index (χ0v) is 11.2. The quantitative estimate of drug-likeness (QED) is 0.906. The molecule has 2 aromatic rings. The van der Waals surface area contributed by atoms with Gasteiger partial charge in [0.25, 0.3) is 0 Å². The smallest absolute Gasteiger partial charge is 0.224 e. The summed E-state index contributed by atoms with van der Waals surface area (Å²) >= 11 is 0. The van der Waals surface area contributed by atoms with Crippen LogP contribution in [0.15, 0.2) is 48.5 Å². The molecule has 0 aliphatic carbocycles. The molecule has 0 aromatic heterocycles. The second-order valence-electron chi connectivity index (χ2n) is 4.38. The van der Waals surface area contributed by atoms with Gasteiger partial charge in [-0.15, -0.1) is 0 Å². The average molecular weight is 273 g/mol. The Balaban J connectivity index is 1.93. The molecule has 20 heavy (non-hydrogen) atoms. The first-order chi connectivity index (χ1) is 9.69. The molecule has 1 amide bonds. The Labute approximate surface area is 117 Å². The molecule has 1 N–H and O–H groups in total. The summed E-state index contributed by atoms with van der Waals surface area (Å²) in [6, 6.07) is 13.5. The van der Waals surface area contributed by atoms with E-state index < -0.39 is 0 Å². The fraction of sp³-hybridized carbons (Fsp3) is 0.188. The summed E-state index contributed by atoms with van der Waals surface area (Å²) in [5.74, 6) is 0.206. The fourth-order valence-electron chi connectivity index (χ4n) is 1.91. The van der Waals surface area contributed by atoms with E-state index in [1.165, 1.54) is 12.1 Å². The highest BCUT2D eigenvalue weighted by molar-refractivity contribution is 5.92. The van der Waals surface area contributed by atoms with E-state index in [9.17, 15) is 9.18 Å². The summed E-state index contributed by atoms with van der Waals surface area (Å²) < 4.78 is 18.2. The van der Waals surface area contributed by atoms with Crippen LogP contribution in [-0.4, -0.2) is 13.0 Å². The molecule has 0 aliphatic heterocycles. The zero-order chi connectivity index (χ0) is 14.4. The molecule has 0 spiro atoms. The number of hydrogen-bond acceptors (Lipinski definition) is 2. The topological polar surface area (TPSA) is 38.3 Å². The number of halogens is 1. The highest BCUT2D eigenvalue weighted by Crippen LogP contribution is 2.23. The Morgan fingerprint density at radius 3 is 2.75 bits per heavy atom. The number of aryl methyl sites for hydroxylation is 1. The molecule has 2 rings (SSSR count). The van der Waals surface area contributed by atoms with Crippen molar-refractivity contribution < 1.29 is 13.9 Å². The van der Waals surface area contributed by atoms with Crippen molar-refractivity contribution in [2.24, 2.45) is 0 Å². The molecule has 0 radical (unpaired) electrons. The molecular weight excluding hydrogens is 257 g/mol. The van der Waals surface area contributed by atoms with Gasteiger partial charge in [0.05, 0.1) is 12.8 Å². The lowest BCUT2D eigenvalue weighted by atomic mass is 10.1. The van der Waals surface area contributed by atoms with E-state index in [1.807, 2.05) is 12.1 Å². The third-order valence-electron chi connectivity index (χ3n) is 2.91. The predicted molar refractivity (Wildman–Crippen MR) is 76.3 cm³/mol. The molecule has 0 heterocycles. The van der Waals surface area contributed by atoms with Crippen LogP contribution in [0.25, 0.3) is 0 Å². The second-order valence-corrected chi connectivity index (χ2v) is 4.38. The first-order valence-corrected chi connectivity index (χ1v) is 6.36. The summed E-state index contributed by atoms with van der Waals surface area (Å²) in [6.45, 7) is 0. The Morgan fingerprint density at radius 1 is 1.20 bits per heavy atom. The molecule has 3 nitrogen and oxygen atoms in total. The number of anilines is 1. The van der Waals surface area contributed by atoms with Crippen LogP contribution < -0.4 is 10.1 Å². The lowest BCUT2D eigenvalue weighted by Gasteiger charge is -2.09. The van der Waals surface area contributed by atoms with E-state index in [-0.39, 0.29) is 11.7 Å². The Morgan fingerprint density at radius 2 is 2.00 bits per heavy atom. The van der Waals surface area contributed by atoms with Crippen molar-refractivity contribution in [2.75, 3.05) is 12.4 Å². The number of methoxy groups -OCH3 is 1. The van der Waals surface area contributed by atoms with E-state index in [0.717, 1.165) is 5.56 Å². The van der Waals surface area contributed by atoms with Gasteiger partial charge < -0.3 is 10.1 Å². The molecule has 0 saturated carbocycles. The van der Waals surface area contributed by atoms with E-state index in [2.05, 4.69) is 5.32 Å². The third kappa shape index (κ3) is 3.82. The summed E-state index contributed by atoms with van der Waals surface area (Å²) in [5, 5.41) is 2.79. The van der Waals surface area contributed by atoms with Crippen molar-refractivity contribution in [3.8, 4) is 5.75 Å². The minimum absolute atomic E-state index is 0.126. The van der Waals surface area contributed by atoms with Gasteiger partial charge in [0, 0.05) is 6.42 Å². The maximum atomic E-state index is 13.0. The highest BCUT2D eigenvalue weighted by atomic mass is 19.1. The molecule has 104 valence electrons. The lowest BCUT2D eigenvalue weighted by Crippen LogP contribution is -2.13. The Kier molecular flexibility index (Phi) is 4.71. The molecule has 0 atom stereocenters. The first-order valence-electron chi connectivity index (χ1n) is 6.36. The Hall–Kier alpha value is -2.36. The summed E-state index contributed by atoms with van der Waals surface area (Å²) in [7, 11) is 1.55. The zero-order valence-electron chi connectivity index (χ0n) is 11.2. The first kappa shape index (κ1) is 14.1. The van der Waals surface area contributed by atoms with E-state index in [4.69, 9.17) is 4.74 Å². The molecule has 0 fully saturated rings. The minimum Gasteiger partial charge on any atom is -0.495 e. The van der Waals surface area contributed by atoms with Crippen LogP contribution in [0.1, 0.15) is 12.0 Å². The molecule has 0 unspecified atom stereocenters. The lowest BCUT2D eigenvalue weighted by molar-refractivity contribution is -0.116. The summed E-state index contributed by atoms with van der Waals surface area (Å²) in [4.78, 5) is 11.9. The number of hydrogen-bond donors (Lipinski definition) is 1. The Bertz CT molecular complexity index is 599.